The molecular formula is C21H30N2O5. The van der Waals surface area contributed by atoms with E-state index < -0.39 is 23.7 Å². The first-order chi connectivity index (χ1) is 12.8. The molecule has 0 radical (unpaired) electrons. The van der Waals surface area contributed by atoms with Crippen LogP contribution in [0.15, 0.2) is 18.2 Å². The van der Waals surface area contributed by atoms with Crippen LogP contribution in [0.1, 0.15) is 60.5 Å². The molecule has 0 saturated heterocycles. The van der Waals surface area contributed by atoms with Gasteiger partial charge in [-0.3, -0.25) is 4.90 Å². The van der Waals surface area contributed by atoms with Gasteiger partial charge in [-0.25, -0.2) is 9.59 Å². The number of amides is 1. The quantitative estimate of drug-likeness (QED) is 0.763. The maximum absolute atomic E-state index is 12.7. The molecule has 1 rings (SSSR count). The van der Waals surface area contributed by atoms with Crippen LogP contribution < -0.4 is 9.64 Å². The van der Waals surface area contributed by atoms with E-state index in [0.29, 0.717) is 12.4 Å². The Morgan fingerprint density at radius 3 is 2.25 bits per heavy atom. The van der Waals surface area contributed by atoms with E-state index >= 15 is 0 Å². The predicted molar refractivity (Wildman–Crippen MR) is 107 cm³/mol. The second-order valence-electron chi connectivity index (χ2n) is 8.75. The third-order valence-electron chi connectivity index (χ3n) is 3.60. The van der Waals surface area contributed by atoms with Crippen molar-refractivity contribution in [2.75, 3.05) is 11.5 Å². The molecule has 0 aliphatic carbocycles. The number of hydrogen-bond acceptors (Lipinski definition) is 5. The number of anilines is 1. The van der Waals surface area contributed by atoms with Crippen LogP contribution >= 0.6 is 0 Å². The molecule has 0 bridgehead atoms. The van der Waals surface area contributed by atoms with Crippen molar-refractivity contribution in [3.05, 3.63) is 23.8 Å². The van der Waals surface area contributed by atoms with Gasteiger partial charge in [0.15, 0.2) is 0 Å². The number of carboxylic acids is 1. The van der Waals surface area contributed by atoms with Crippen molar-refractivity contribution < 1.29 is 24.2 Å². The van der Waals surface area contributed by atoms with E-state index in [-0.39, 0.29) is 23.1 Å². The highest BCUT2D eigenvalue weighted by atomic mass is 16.6. The average Bonchev–Trinajstić information content (AvgIpc) is 2.54. The number of benzene rings is 1. The Morgan fingerprint density at radius 2 is 1.82 bits per heavy atom. The number of rotatable bonds is 6. The standard InChI is InChI=1S/C21H30N2O5/c1-8-16(18(24)25)23(19(26)28-21(5,6)7)15-9-10-17(14(11-15)12-22)27-13-20(2,3)4/h9-11,16H,8,13H2,1-7H3,(H,24,25). The fourth-order valence-electron chi connectivity index (χ4n) is 2.37. The summed E-state index contributed by atoms with van der Waals surface area (Å²) in [5, 5.41) is 19.1. The molecular weight excluding hydrogens is 360 g/mol. The molecule has 0 heterocycles. The smallest absolute Gasteiger partial charge is 0.415 e. The number of aliphatic carboxylic acids is 1. The fraction of sp³-hybridized carbons (Fsp3) is 0.571. The van der Waals surface area contributed by atoms with E-state index in [2.05, 4.69) is 0 Å². The molecule has 28 heavy (non-hydrogen) atoms. The fourth-order valence-corrected chi connectivity index (χ4v) is 2.37. The Labute approximate surface area is 166 Å². The molecule has 1 aromatic rings. The van der Waals surface area contributed by atoms with Gasteiger partial charge in [0.1, 0.15) is 23.5 Å². The summed E-state index contributed by atoms with van der Waals surface area (Å²) in [6.45, 7) is 13.2. The van der Waals surface area contributed by atoms with Gasteiger partial charge in [-0.05, 0) is 50.8 Å². The summed E-state index contributed by atoms with van der Waals surface area (Å²) in [6.07, 6.45) is -0.604. The number of nitrogens with zero attached hydrogens (tertiary/aromatic N) is 2. The maximum Gasteiger partial charge on any atom is 0.415 e. The van der Waals surface area contributed by atoms with Gasteiger partial charge >= 0.3 is 12.1 Å². The monoisotopic (exact) mass is 390 g/mol. The Hall–Kier alpha value is -2.75. The molecule has 1 N–H and O–H groups in total. The van der Waals surface area contributed by atoms with Crippen LogP contribution in [0.5, 0.6) is 5.75 Å². The first-order valence-electron chi connectivity index (χ1n) is 9.21. The van der Waals surface area contributed by atoms with Gasteiger partial charge in [0.2, 0.25) is 0 Å². The maximum atomic E-state index is 12.7. The predicted octanol–water partition coefficient (Wildman–Crippen LogP) is 4.59. The van der Waals surface area contributed by atoms with Crippen LogP contribution in [0.25, 0.3) is 0 Å². The molecule has 0 saturated carbocycles. The summed E-state index contributed by atoms with van der Waals surface area (Å²) >= 11 is 0. The van der Waals surface area contributed by atoms with Gasteiger partial charge in [0.25, 0.3) is 0 Å². The van der Waals surface area contributed by atoms with E-state index in [0.717, 1.165) is 4.90 Å². The van der Waals surface area contributed by atoms with E-state index in [1.807, 2.05) is 26.8 Å². The van der Waals surface area contributed by atoms with Crippen LogP contribution in [0.4, 0.5) is 10.5 Å². The van der Waals surface area contributed by atoms with Gasteiger partial charge < -0.3 is 14.6 Å². The van der Waals surface area contributed by atoms with Crippen molar-refractivity contribution in [1.82, 2.24) is 0 Å². The van der Waals surface area contributed by atoms with Crippen molar-refractivity contribution in [3.63, 3.8) is 0 Å². The summed E-state index contributed by atoms with van der Waals surface area (Å²) in [5.74, 6) is -0.770. The molecule has 0 fully saturated rings. The van der Waals surface area contributed by atoms with Crippen molar-refractivity contribution in [3.8, 4) is 11.8 Å². The van der Waals surface area contributed by atoms with Gasteiger partial charge in [-0.1, -0.05) is 27.7 Å². The summed E-state index contributed by atoms with van der Waals surface area (Å²) in [4.78, 5) is 25.5. The first-order valence-corrected chi connectivity index (χ1v) is 9.21. The third kappa shape index (κ3) is 6.76. The van der Waals surface area contributed by atoms with Gasteiger partial charge in [-0.15, -0.1) is 0 Å². The molecule has 0 aliphatic rings. The first kappa shape index (κ1) is 23.3. The summed E-state index contributed by atoms with van der Waals surface area (Å²) in [7, 11) is 0. The van der Waals surface area contributed by atoms with Crippen molar-refractivity contribution in [1.29, 1.82) is 5.26 Å². The molecule has 1 amide bonds. The van der Waals surface area contributed by atoms with Gasteiger partial charge in [0.05, 0.1) is 12.2 Å². The number of ether oxygens (including phenoxy) is 2. The molecule has 1 atom stereocenters. The van der Waals surface area contributed by atoms with E-state index in [9.17, 15) is 20.0 Å². The number of hydrogen-bond donors (Lipinski definition) is 1. The van der Waals surface area contributed by atoms with Gasteiger partial charge in [0, 0.05) is 5.69 Å². The zero-order valence-electron chi connectivity index (χ0n) is 17.7. The van der Waals surface area contributed by atoms with E-state index in [1.165, 1.54) is 6.07 Å². The van der Waals surface area contributed by atoms with Crippen LogP contribution in [-0.2, 0) is 9.53 Å². The molecule has 7 heteroatoms. The largest absolute Gasteiger partial charge is 0.492 e. The number of nitriles is 1. The van der Waals surface area contributed by atoms with Crippen LogP contribution in [0.2, 0.25) is 0 Å². The lowest BCUT2D eigenvalue weighted by Crippen LogP contribution is -2.47. The highest BCUT2D eigenvalue weighted by Crippen LogP contribution is 2.29. The molecule has 0 aliphatic heterocycles. The van der Waals surface area contributed by atoms with Crippen LogP contribution in [0.3, 0.4) is 0 Å². The minimum Gasteiger partial charge on any atom is -0.492 e. The number of carbonyl (C=O) groups is 2. The highest BCUT2D eigenvalue weighted by Gasteiger charge is 2.33. The average molecular weight is 390 g/mol. The Kier molecular flexibility index (Phi) is 7.45. The minimum absolute atomic E-state index is 0.0927. The molecule has 7 nitrogen and oxygen atoms in total. The lowest BCUT2D eigenvalue weighted by Gasteiger charge is -2.31. The number of carbonyl (C=O) groups excluding carboxylic acids is 1. The highest BCUT2D eigenvalue weighted by molar-refractivity contribution is 5.95. The van der Waals surface area contributed by atoms with E-state index in [1.54, 1.807) is 39.8 Å². The van der Waals surface area contributed by atoms with Crippen molar-refractivity contribution >= 4 is 17.7 Å². The van der Waals surface area contributed by atoms with Crippen molar-refractivity contribution in [2.24, 2.45) is 5.41 Å². The van der Waals surface area contributed by atoms with Crippen LogP contribution in [0, 0.1) is 16.7 Å². The zero-order chi connectivity index (χ0) is 21.7. The summed E-state index contributed by atoms with van der Waals surface area (Å²) in [5.41, 5.74) is -0.400. The summed E-state index contributed by atoms with van der Waals surface area (Å²) in [6, 6.07) is 5.52. The Balaban J connectivity index is 3.35. The van der Waals surface area contributed by atoms with Crippen LogP contribution in [-0.4, -0.2) is 35.4 Å². The molecule has 154 valence electrons. The normalized spacial score (nSPS) is 12.6. The topological polar surface area (TPSA) is 99.9 Å². The molecule has 1 unspecified atom stereocenters. The Morgan fingerprint density at radius 1 is 1.21 bits per heavy atom. The molecule has 0 aromatic heterocycles. The number of carboxylic acid groups (broad SMARTS) is 1. The Bertz CT molecular complexity index is 754. The lowest BCUT2D eigenvalue weighted by molar-refractivity contribution is -0.138. The second-order valence-corrected chi connectivity index (χ2v) is 8.75. The van der Waals surface area contributed by atoms with E-state index in [4.69, 9.17) is 9.47 Å². The molecule has 0 spiro atoms. The summed E-state index contributed by atoms with van der Waals surface area (Å²) < 4.78 is 11.1. The lowest BCUT2D eigenvalue weighted by atomic mass is 9.98. The zero-order valence-corrected chi connectivity index (χ0v) is 17.7. The minimum atomic E-state index is -1.15. The second kappa shape index (κ2) is 8.96. The molecule has 1 aromatic carbocycles. The van der Waals surface area contributed by atoms with Gasteiger partial charge in [-0.2, -0.15) is 5.26 Å². The van der Waals surface area contributed by atoms with Crippen molar-refractivity contribution in [2.45, 2.75) is 66.5 Å². The SMILES string of the molecule is CCC(C(=O)O)N(C(=O)OC(C)(C)C)c1ccc(OCC(C)(C)C)c(C#N)c1. The third-order valence-corrected chi connectivity index (χ3v) is 3.60.